The molecule has 0 amide bonds. The third-order valence-electron chi connectivity index (χ3n) is 13.0. The van der Waals surface area contributed by atoms with Gasteiger partial charge in [0, 0.05) is 38.2 Å². The fraction of sp³-hybridized carbons (Fsp3) is 0. The van der Waals surface area contributed by atoms with Gasteiger partial charge in [0.15, 0.2) is 0 Å². The Bertz CT molecular complexity index is 3920. The molecule has 0 atom stereocenters. The van der Waals surface area contributed by atoms with Crippen molar-refractivity contribution in [3.63, 3.8) is 0 Å². The van der Waals surface area contributed by atoms with Crippen molar-refractivity contribution in [2.75, 3.05) is 0 Å². The molecule has 10 aromatic carbocycles. The predicted molar refractivity (Wildman–Crippen MR) is 267 cm³/mol. The Morgan fingerprint density at radius 1 is 0.281 bits per heavy atom. The quantitative estimate of drug-likeness (QED) is 0.168. The molecule has 298 valence electrons. The normalized spacial score (nSPS) is 11.8. The van der Waals surface area contributed by atoms with Crippen molar-refractivity contribution in [3.05, 3.63) is 231 Å². The van der Waals surface area contributed by atoms with Gasteiger partial charge in [0.05, 0.1) is 33.3 Å². The van der Waals surface area contributed by atoms with E-state index in [9.17, 15) is 0 Å². The zero-order chi connectivity index (χ0) is 42.1. The molecule has 0 aliphatic carbocycles. The molecule has 0 bridgehead atoms. The summed E-state index contributed by atoms with van der Waals surface area (Å²) in [7, 11) is 0. The van der Waals surface area contributed by atoms with Gasteiger partial charge < -0.3 is 4.57 Å². The number of hydrogen-bond donors (Lipinski definition) is 0. The van der Waals surface area contributed by atoms with Crippen molar-refractivity contribution in [2.24, 2.45) is 0 Å². The average molecular weight is 815 g/mol. The Kier molecular flexibility index (Phi) is 8.18. The van der Waals surface area contributed by atoms with Crippen LogP contribution in [0.2, 0.25) is 0 Å². The molecule has 4 heteroatoms. The summed E-state index contributed by atoms with van der Waals surface area (Å²) in [4.78, 5) is 10.6. The van der Waals surface area contributed by atoms with Gasteiger partial charge >= 0.3 is 0 Å². The van der Waals surface area contributed by atoms with Crippen LogP contribution >= 0.6 is 0 Å². The van der Waals surface area contributed by atoms with E-state index in [-0.39, 0.29) is 0 Å². The number of aromatic nitrogens is 4. The lowest BCUT2D eigenvalue weighted by Gasteiger charge is -2.12. The van der Waals surface area contributed by atoms with Crippen molar-refractivity contribution in [1.82, 2.24) is 19.1 Å². The minimum Gasteiger partial charge on any atom is -0.309 e. The molecular weight excluding hydrogens is 777 g/mol. The fourth-order valence-electron chi connectivity index (χ4n) is 9.89. The second-order valence-electron chi connectivity index (χ2n) is 16.6. The topological polar surface area (TPSA) is 35.6 Å². The van der Waals surface area contributed by atoms with Crippen molar-refractivity contribution in [3.8, 4) is 56.3 Å². The maximum absolute atomic E-state index is 5.38. The number of nitrogens with zero attached hydrogens (tertiary/aromatic N) is 4. The first kappa shape index (κ1) is 36.1. The first-order valence-electron chi connectivity index (χ1n) is 21.8. The van der Waals surface area contributed by atoms with Gasteiger partial charge in [-0.15, -0.1) is 0 Å². The molecule has 0 aliphatic heterocycles. The summed E-state index contributed by atoms with van der Waals surface area (Å²) >= 11 is 0. The van der Waals surface area contributed by atoms with Crippen LogP contribution in [0, 0.1) is 0 Å². The lowest BCUT2D eigenvalue weighted by molar-refractivity contribution is 1.01. The Labute approximate surface area is 369 Å². The molecule has 0 saturated heterocycles. The van der Waals surface area contributed by atoms with Crippen LogP contribution in [0.1, 0.15) is 0 Å². The van der Waals surface area contributed by atoms with E-state index in [1.54, 1.807) is 0 Å². The number of rotatable bonds is 6. The monoisotopic (exact) mass is 814 g/mol. The van der Waals surface area contributed by atoms with Gasteiger partial charge in [-0.2, -0.15) is 0 Å². The van der Waals surface area contributed by atoms with Gasteiger partial charge in [-0.3, -0.25) is 4.57 Å². The standard InChI is InChI=1S/C60H38N4/c1-3-13-39(14-4-1)41-23-25-44(26-24-41)59-50-20-9-11-21-53(50)61-60(62-59)64-54-22-12-10-19-49(54)51-37-45(30-34-55(51)64)46-31-35-56-52(38-46)58-48-18-8-7-17-43(48)29-36-57(58)63(56)47-32-27-42(28-33-47)40-15-5-2-6-16-40/h1-38H. The molecule has 0 N–H and O–H groups in total. The number of benzene rings is 10. The molecule has 0 unspecified atom stereocenters. The highest BCUT2D eigenvalue weighted by Gasteiger charge is 2.20. The largest absolute Gasteiger partial charge is 0.309 e. The van der Waals surface area contributed by atoms with Gasteiger partial charge in [-0.25, -0.2) is 9.97 Å². The molecule has 0 saturated carbocycles. The van der Waals surface area contributed by atoms with Gasteiger partial charge in [0.2, 0.25) is 5.95 Å². The van der Waals surface area contributed by atoms with Crippen LogP contribution < -0.4 is 0 Å². The molecule has 3 aromatic heterocycles. The number of para-hydroxylation sites is 2. The molecular formula is C60H38N4. The Morgan fingerprint density at radius 2 is 0.781 bits per heavy atom. The molecule has 13 rings (SSSR count). The van der Waals surface area contributed by atoms with E-state index in [1.807, 2.05) is 0 Å². The lowest BCUT2D eigenvalue weighted by atomic mass is 9.99. The van der Waals surface area contributed by atoms with Crippen LogP contribution in [0.5, 0.6) is 0 Å². The number of fused-ring (bicyclic) bond motifs is 9. The molecule has 13 aromatic rings. The Balaban J connectivity index is 0.963. The van der Waals surface area contributed by atoms with Crippen LogP contribution in [-0.4, -0.2) is 19.1 Å². The van der Waals surface area contributed by atoms with Crippen molar-refractivity contribution in [2.45, 2.75) is 0 Å². The molecule has 3 heterocycles. The minimum absolute atomic E-state index is 0.651. The van der Waals surface area contributed by atoms with Crippen molar-refractivity contribution in [1.29, 1.82) is 0 Å². The van der Waals surface area contributed by atoms with Gasteiger partial charge in [-0.05, 0) is 98.8 Å². The van der Waals surface area contributed by atoms with Gasteiger partial charge in [0.1, 0.15) is 0 Å². The predicted octanol–water partition coefficient (Wildman–Crippen LogP) is 15.6. The first-order chi connectivity index (χ1) is 31.7. The summed E-state index contributed by atoms with van der Waals surface area (Å²) in [5.74, 6) is 0.651. The summed E-state index contributed by atoms with van der Waals surface area (Å²) in [6.45, 7) is 0. The third-order valence-corrected chi connectivity index (χ3v) is 13.0. The van der Waals surface area contributed by atoms with E-state index in [1.165, 1.54) is 60.4 Å². The van der Waals surface area contributed by atoms with Crippen LogP contribution in [0.25, 0.3) is 122 Å². The Morgan fingerprint density at radius 3 is 1.50 bits per heavy atom. The molecule has 0 spiro atoms. The smallest absolute Gasteiger partial charge is 0.235 e. The second kappa shape index (κ2) is 14.5. The molecule has 0 fully saturated rings. The van der Waals surface area contributed by atoms with E-state index in [4.69, 9.17) is 9.97 Å². The van der Waals surface area contributed by atoms with Crippen LogP contribution in [-0.2, 0) is 0 Å². The lowest BCUT2D eigenvalue weighted by Crippen LogP contribution is -2.03. The summed E-state index contributed by atoms with van der Waals surface area (Å²) in [5, 5.41) is 8.32. The van der Waals surface area contributed by atoms with Crippen molar-refractivity contribution >= 4 is 65.3 Å². The summed E-state index contributed by atoms with van der Waals surface area (Å²) in [6, 6.07) is 82.8. The molecule has 0 radical (unpaired) electrons. The maximum Gasteiger partial charge on any atom is 0.235 e. The van der Waals surface area contributed by atoms with E-state index >= 15 is 0 Å². The summed E-state index contributed by atoms with van der Waals surface area (Å²) < 4.78 is 4.65. The second-order valence-corrected chi connectivity index (χ2v) is 16.6. The van der Waals surface area contributed by atoms with Crippen LogP contribution in [0.4, 0.5) is 0 Å². The fourth-order valence-corrected chi connectivity index (χ4v) is 9.89. The van der Waals surface area contributed by atoms with Crippen molar-refractivity contribution < 1.29 is 0 Å². The highest BCUT2D eigenvalue weighted by molar-refractivity contribution is 6.22. The van der Waals surface area contributed by atoms with Gasteiger partial charge in [0.25, 0.3) is 0 Å². The zero-order valence-electron chi connectivity index (χ0n) is 34.7. The summed E-state index contributed by atoms with van der Waals surface area (Å²) in [5.41, 5.74) is 15.6. The van der Waals surface area contributed by atoms with Crippen LogP contribution in [0.15, 0.2) is 231 Å². The van der Waals surface area contributed by atoms with E-state index in [0.717, 1.165) is 55.2 Å². The van der Waals surface area contributed by atoms with Crippen LogP contribution in [0.3, 0.4) is 0 Å². The Hall–Kier alpha value is -8.60. The van der Waals surface area contributed by atoms with E-state index in [0.29, 0.717) is 5.95 Å². The number of hydrogen-bond acceptors (Lipinski definition) is 2. The first-order valence-corrected chi connectivity index (χ1v) is 21.8. The van der Waals surface area contributed by atoms with E-state index in [2.05, 4.69) is 240 Å². The summed E-state index contributed by atoms with van der Waals surface area (Å²) in [6.07, 6.45) is 0. The highest BCUT2D eigenvalue weighted by atomic mass is 15.2. The maximum atomic E-state index is 5.38. The zero-order valence-corrected chi connectivity index (χ0v) is 34.7. The molecule has 4 nitrogen and oxygen atoms in total. The highest BCUT2D eigenvalue weighted by Crippen LogP contribution is 2.41. The minimum atomic E-state index is 0.651. The SMILES string of the molecule is c1ccc(-c2ccc(-c3nc(-n4c5ccccc5c5cc(-c6ccc7c(c6)c6c8ccccc8ccc6n7-c6ccc(-c7ccccc7)cc6)ccc54)nc4ccccc34)cc2)cc1. The average Bonchev–Trinajstić information content (AvgIpc) is 3.89. The molecule has 64 heavy (non-hydrogen) atoms. The van der Waals surface area contributed by atoms with Gasteiger partial charge in [-0.1, -0.05) is 176 Å². The van der Waals surface area contributed by atoms with E-state index < -0.39 is 0 Å². The third kappa shape index (κ3) is 5.77. The molecule has 0 aliphatic rings.